The average Bonchev–Trinajstić information content (AvgIpc) is 3.07. The van der Waals surface area contributed by atoms with Crippen molar-refractivity contribution < 1.29 is 18.0 Å². The van der Waals surface area contributed by atoms with Crippen LogP contribution in [0.15, 0.2) is 40.7 Å². The summed E-state index contributed by atoms with van der Waals surface area (Å²) < 4.78 is 37.5. The zero-order valence-electron chi connectivity index (χ0n) is 14.6. The molecule has 0 aliphatic carbocycles. The first-order chi connectivity index (χ1) is 12.2. The van der Waals surface area contributed by atoms with Crippen molar-refractivity contribution in [1.29, 1.82) is 0 Å². The molecule has 0 saturated carbocycles. The lowest BCUT2D eigenvalue weighted by Gasteiger charge is -2.29. The molecule has 0 saturated heterocycles. The van der Waals surface area contributed by atoms with E-state index in [2.05, 4.69) is 17.2 Å². The molecule has 142 valence electrons. The Labute approximate surface area is 159 Å². The molecule has 1 unspecified atom stereocenters. The number of thiazole rings is 1. The van der Waals surface area contributed by atoms with Gasteiger partial charge in [-0.3, -0.25) is 4.79 Å². The van der Waals surface area contributed by atoms with Crippen molar-refractivity contribution in [2.24, 2.45) is 0 Å². The highest BCUT2D eigenvalue weighted by molar-refractivity contribution is 8.00. The molecule has 26 heavy (non-hydrogen) atoms. The van der Waals surface area contributed by atoms with Crippen LogP contribution < -0.4 is 5.32 Å². The molecule has 3 nitrogen and oxygen atoms in total. The molecule has 0 aliphatic rings. The molecule has 1 atom stereocenters. The molecule has 1 aromatic carbocycles. The maximum atomic E-state index is 12.9. The zero-order chi connectivity index (χ0) is 19.2. The predicted octanol–water partition coefficient (Wildman–Crippen LogP) is 6.23. The number of hydrogen-bond donors (Lipinski definition) is 1. The van der Waals surface area contributed by atoms with E-state index in [9.17, 15) is 18.0 Å². The number of thioether (sulfide) groups is 1. The van der Waals surface area contributed by atoms with Crippen LogP contribution in [-0.4, -0.2) is 16.4 Å². The fraction of sp³-hybridized carbons (Fsp3) is 0.444. The molecule has 8 heteroatoms. The van der Waals surface area contributed by atoms with E-state index in [0.717, 1.165) is 19.3 Å². The lowest BCUT2D eigenvalue weighted by Crippen LogP contribution is -2.37. The summed E-state index contributed by atoms with van der Waals surface area (Å²) in [7, 11) is 0. The van der Waals surface area contributed by atoms with Gasteiger partial charge in [-0.1, -0.05) is 38.3 Å². The van der Waals surface area contributed by atoms with Crippen molar-refractivity contribution in [1.82, 2.24) is 4.98 Å². The number of unbranched alkanes of at least 4 members (excludes halogenated alkanes) is 2. The van der Waals surface area contributed by atoms with E-state index in [0.29, 0.717) is 17.1 Å². The van der Waals surface area contributed by atoms with Crippen LogP contribution in [0, 0.1) is 0 Å². The summed E-state index contributed by atoms with van der Waals surface area (Å²) in [6.45, 7) is 3.91. The Hall–Kier alpha value is -1.54. The molecule has 1 N–H and O–H groups in total. The SMILES string of the molecule is CCCCCC(C)(C(=O)Nc1nccs1)c1ccc(SC(F)(F)F)cc1. The molecule has 0 bridgehead atoms. The first-order valence-corrected chi connectivity index (χ1v) is 10.0. The predicted molar refractivity (Wildman–Crippen MR) is 101 cm³/mol. The van der Waals surface area contributed by atoms with E-state index in [1.165, 1.54) is 23.5 Å². The quantitative estimate of drug-likeness (QED) is 0.420. The molecule has 1 amide bonds. The number of nitrogens with zero attached hydrogens (tertiary/aromatic N) is 1. The van der Waals surface area contributed by atoms with Gasteiger partial charge >= 0.3 is 5.51 Å². The number of halogens is 3. The topological polar surface area (TPSA) is 42.0 Å². The second-order valence-corrected chi connectivity index (χ2v) is 8.19. The Morgan fingerprint density at radius 1 is 1.23 bits per heavy atom. The third kappa shape index (κ3) is 5.74. The number of hydrogen-bond acceptors (Lipinski definition) is 4. The van der Waals surface area contributed by atoms with Crippen LogP contribution >= 0.6 is 23.1 Å². The summed E-state index contributed by atoms with van der Waals surface area (Å²) in [6, 6.07) is 6.06. The number of carbonyl (C=O) groups excluding carboxylic acids is 1. The Morgan fingerprint density at radius 2 is 1.92 bits per heavy atom. The first kappa shape index (κ1) is 20.8. The van der Waals surface area contributed by atoms with Crippen LogP contribution in [0.1, 0.15) is 45.1 Å². The minimum atomic E-state index is -4.33. The number of anilines is 1. The van der Waals surface area contributed by atoms with Crippen LogP contribution in [0.2, 0.25) is 0 Å². The van der Waals surface area contributed by atoms with E-state index in [1.807, 2.05) is 6.92 Å². The highest BCUT2D eigenvalue weighted by atomic mass is 32.2. The second-order valence-electron chi connectivity index (χ2n) is 6.15. The average molecular weight is 403 g/mol. The molecular weight excluding hydrogens is 381 g/mol. The molecule has 1 aromatic heterocycles. The zero-order valence-corrected chi connectivity index (χ0v) is 16.2. The first-order valence-electron chi connectivity index (χ1n) is 8.32. The largest absolute Gasteiger partial charge is 0.446 e. The molecule has 1 heterocycles. The van der Waals surface area contributed by atoms with Crippen molar-refractivity contribution in [3.05, 3.63) is 41.4 Å². The highest BCUT2D eigenvalue weighted by Crippen LogP contribution is 2.38. The van der Waals surface area contributed by atoms with Crippen molar-refractivity contribution >= 4 is 34.1 Å². The van der Waals surface area contributed by atoms with E-state index in [4.69, 9.17) is 0 Å². The normalized spacial score (nSPS) is 14.0. The molecule has 0 aliphatic heterocycles. The lowest BCUT2D eigenvalue weighted by atomic mass is 9.77. The van der Waals surface area contributed by atoms with Gasteiger partial charge < -0.3 is 5.32 Å². The maximum absolute atomic E-state index is 12.9. The van der Waals surface area contributed by atoms with Crippen molar-refractivity contribution in [3.8, 4) is 0 Å². The van der Waals surface area contributed by atoms with E-state index >= 15 is 0 Å². The number of aromatic nitrogens is 1. The molecule has 0 spiro atoms. The van der Waals surface area contributed by atoms with Crippen LogP contribution in [0.5, 0.6) is 0 Å². The Balaban J connectivity index is 2.23. The number of amides is 1. The minimum absolute atomic E-state index is 0.109. The lowest BCUT2D eigenvalue weighted by molar-refractivity contribution is -0.121. The fourth-order valence-corrected chi connectivity index (χ4v) is 3.73. The molecule has 2 aromatic rings. The summed E-state index contributed by atoms with van der Waals surface area (Å²) in [5.41, 5.74) is -4.45. The summed E-state index contributed by atoms with van der Waals surface area (Å²) in [5.74, 6) is -0.195. The van der Waals surface area contributed by atoms with E-state index in [-0.39, 0.29) is 22.6 Å². The molecule has 0 fully saturated rings. The van der Waals surface area contributed by atoms with Gasteiger partial charge in [-0.05, 0) is 42.8 Å². The van der Waals surface area contributed by atoms with Gasteiger partial charge in [0.15, 0.2) is 5.13 Å². The van der Waals surface area contributed by atoms with E-state index in [1.54, 1.807) is 23.7 Å². The van der Waals surface area contributed by atoms with Gasteiger partial charge in [-0.2, -0.15) is 13.2 Å². The third-order valence-corrected chi connectivity index (χ3v) is 5.59. The highest BCUT2D eigenvalue weighted by Gasteiger charge is 2.35. The fourth-order valence-electron chi connectivity index (χ4n) is 2.66. The molecule has 0 radical (unpaired) electrons. The Kier molecular flexibility index (Phi) is 7.11. The van der Waals surface area contributed by atoms with Crippen LogP contribution in [-0.2, 0) is 10.2 Å². The smallest absolute Gasteiger partial charge is 0.301 e. The van der Waals surface area contributed by atoms with Crippen molar-refractivity contribution in [3.63, 3.8) is 0 Å². The van der Waals surface area contributed by atoms with E-state index < -0.39 is 10.9 Å². The van der Waals surface area contributed by atoms with Gasteiger partial charge in [0, 0.05) is 16.5 Å². The van der Waals surface area contributed by atoms with Gasteiger partial charge in [-0.15, -0.1) is 11.3 Å². The van der Waals surface area contributed by atoms with Gasteiger partial charge in [0.05, 0.1) is 5.41 Å². The van der Waals surface area contributed by atoms with Gasteiger partial charge in [-0.25, -0.2) is 4.98 Å². The van der Waals surface area contributed by atoms with Crippen LogP contribution in [0.4, 0.5) is 18.3 Å². The van der Waals surface area contributed by atoms with Crippen LogP contribution in [0.3, 0.4) is 0 Å². The van der Waals surface area contributed by atoms with Gasteiger partial charge in [0.2, 0.25) is 5.91 Å². The van der Waals surface area contributed by atoms with Crippen molar-refractivity contribution in [2.75, 3.05) is 5.32 Å². The third-order valence-electron chi connectivity index (χ3n) is 4.16. The van der Waals surface area contributed by atoms with Crippen LogP contribution in [0.25, 0.3) is 0 Å². The monoisotopic (exact) mass is 402 g/mol. The number of rotatable bonds is 8. The van der Waals surface area contributed by atoms with Gasteiger partial charge in [0.1, 0.15) is 0 Å². The summed E-state index contributed by atoms with van der Waals surface area (Å²) in [5, 5.41) is 5.11. The number of alkyl halides is 3. The van der Waals surface area contributed by atoms with Crippen molar-refractivity contribution in [2.45, 2.75) is 55.3 Å². The van der Waals surface area contributed by atoms with Gasteiger partial charge in [0.25, 0.3) is 0 Å². The molecular formula is C18H21F3N2OS2. The summed E-state index contributed by atoms with van der Waals surface area (Å²) >= 11 is 1.17. The summed E-state index contributed by atoms with van der Waals surface area (Å²) in [4.78, 5) is 17.1. The Bertz CT molecular complexity index is 702. The standard InChI is InChI=1S/C18H21F3N2OS2/c1-3-4-5-10-17(2,15(24)23-16-22-11-12-25-16)13-6-8-14(9-7-13)26-18(19,20)21/h6-9,11-12H,3-5,10H2,1-2H3,(H,22,23,24). The summed E-state index contributed by atoms with van der Waals surface area (Å²) in [6.07, 6.45) is 5.09. The maximum Gasteiger partial charge on any atom is 0.446 e. The number of nitrogens with one attached hydrogen (secondary N) is 1. The minimum Gasteiger partial charge on any atom is -0.301 e. The number of carbonyl (C=O) groups is 1. The second kappa shape index (κ2) is 8.90. The molecule has 2 rings (SSSR count). The number of benzene rings is 1. The Morgan fingerprint density at radius 3 is 2.46 bits per heavy atom.